The Morgan fingerprint density at radius 3 is 2.65 bits per heavy atom. The number of amides is 1. The molecule has 0 spiro atoms. The van der Waals surface area contributed by atoms with Crippen LogP contribution in [0.25, 0.3) is 0 Å². The monoisotopic (exact) mass is 236 g/mol. The average molecular weight is 236 g/mol. The van der Waals surface area contributed by atoms with Crippen molar-refractivity contribution in [2.45, 2.75) is 19.8 Å². The van der Waals surface area contributed by atoms with Crippen molar-refractivity contribution in [2.75, 3.05) is 19.6 Å². The first-order valence-electron chi connectivity index (χ1n) is 6.11. The van der Waals surface area contributed by atoms with Gasteiger partial charge in [-0.25, -0.2) is 0 Å². The largest absolute Gasteiger partial charge is 0.339 e. The molecule has 1 aromatic heterocycles. The van der Waals surface area contributed by atoms with Crippen molar-refractivity contribution in [3.8, 4) is 0 Å². The highest BCUT2D eigenvalue weighted by Gasteiger charge is 2.24. The lowest BCUT2D eigenvalue weighted by molar-refractivity contribution is 0.0692. The molecule has 0 radical (unpaired) electrons. The molecule has 5 heteroatoms. The highest BCUT2D eigenvalue weighted by atomic mass is 16.2. The van der Waals surface area contributed by atoms with Gasteiger partial charge in [-0.1, -0.05) is 0 Å². The predicted octanol–water partition coefficient (Wildman–Crippen LogP) is 0.539. The number of rotatable bonds is 2. The number of hydrogen-bond donors (Lipinski definition) is 1. The van der Waals surface area contributed by atoms with Crippen LogP contribution in [-0.2, 0) is 7.05 Å². The van der Waals surface area contributed by atoms with Crippen molar-refractivity contribution in [1.29, 1.82) is 0 Å². The van der Waals surface area contributed by atoms with Crippen LogP contribution in [0, 0.1) is 12.8 Å². The third-order valence-electron chi connectivity index (χ3n) is 3.70. The molecule has 0 atom stereocenters. The molecule has 1 aliphatic heterocycles. The van der Waals surface area contributed by atoms with Crippen LogP contribution in [0.4, 0.5) is 0 Å². The van der Waals surface area contributed by atoms with Crippen molar-refractivity contribution in [2.24, 2.45) is 18.7 Å². The van der Waals surface area contributed by atoms with Gasteiger partial charge in [-0.15, -0.1) is 0 Å². The first-order chi connectivity index (χ1) is 8.13. The molecule has 5 nitrogen and oxygen atoms in total. The predicted molar refractivity (Wildman–Crippen MR) is 65.6 cm³/mol. The SMILES string of the molecule is Cc1c(C(=O)N2CCC(CN)CC2)cnn1C. The molecular weight excluding hydrogens is 216 g/mol. The highest BCUT2D eigenvalue weighted by Crippen LogP contribution is 2.18. The fourth-order valence-electron chi connectivity index (χ4n) is 2.25. The van der Waals surface area contributed by atoms with Crippen molar-refractivity contribution in [3.63, 3.8) is 0 Å². The number of likely N-dealkylation sites (tertiary alicyclic amines) is 1. The number of aromatic nitrogens is 2. The molecule has 0 bridgehead atoms. The van der Waals surface area contributed by atoms with Gasteiger partial charge in [-0.3, -0.25) is 9.48 Å². The van der Waals surface area contributed by atoms with Gasteiger partial charge in [0, 0.05) is 25.8 Å². The van der Waals surface area contributed by atoms with E-state index in [-0.39, 0.29) is 5.91 Å². The van der Waals surface area contributed by atoms with Gasteiger partial charge in [0.25, 0.3) is 5.91 Å². The van der Waals surface area contributed by atoms with Crippen molar-refractivity contribution in [1.82, 2.24) is 14.7 Å². The van der Waals surface area contributed by atoms with Crippen LogP contribution in [0.15, 0.2) is 6.20 Å². The van der Waals surface area contributed by atoms with Crippen molar-refractivity contribution in [3.05, 3.63) is 17.5 Å². The Labute approximate surface area is 102 Å². The van der Waals surface area contributed by atoms with E-state index in [9.17, 15) is 4.79 Å². The summed E-state index contributed by atoms with van der Waals surface area (Å²) in [7, 11) is 1.85. The first kappa shape index (κ1) is 12.1. The minimum absolute atomic E-state index is 0.103. The Kier molecular flexibility index (Phi) is 3.47. The minimum atomic E-state index is 0.103. The van der Waals surface area contributed by atoms with Gasteiger partial charge in [0.15, 0.2) is 0 Å². The number of carbonyl (C=O) groups is 1. The summed E-state index contributed by atoms with van der Waals surface area (Å²) in [6.07, 6.45) is 3.69. The molecule has 2 rings (SSSR count). The Bertz CT molecular complexity index is 405. The minimum Gasteiger partial charge on any atom is -0.339 e. The second-order valence-electron chi connectivity index (χ2n) is 4.74. The van der Waals surface area contributed by atoms with Crippen LogP contribution in [0.3, 0.4) is 0 Å². The summed E-state index contributed by atoms with van der Waals surface area (Å²) in [5.41, 5.74) is 7.29. The van der Waals surface area contributed by atoms with E-state index in [1.165, 1.54) is 0 Å². The molecule has 0 saturated carbocycles. The maximum atomic E-state index is 12.3. The summed E-state index contributed by atoms with van der Waals surface area (Å²) in [6.45, 7) is 4.28. The van der Waals surface area contributed by atoms with Gasteiger partial charge in [0.1, 0.15) is 0 Å². The molecule has 0 unspecified atom stereocenters. The van der Waals surface area contributed by atoms with Gasteiger partial charge in [0.05, 0.1) is 11.8 Å². The van der Waals surface area contributed by atoms with E-state index < -0.39 is 0 Å². The van der Waals surface area contributed by atoms with Crippen molar-refractivity contribution < 1.29 is 4.79 Å². The average Bonchev–Trinajstić information content (AvgIpc) is 2.69. The van der Waals surface area contributed by atoms with Crippen LogP contribution in [0.1, 0.15) is 28.9 Å². The van der Waals surface area contributed by atoms with E-state index >= 15 is 0 Å². The summed E-state index contributed by atoms with van der Waals surface area (Å²) in [6, 6.07) is 0. The second-order valence-corrected chi connectivity index (χ2v) is 4.74. The highest BCUT2D eigenvalue weighted by molar-refractivity contribution is 5.95. The zero-order valence-corrected chi connectivity index (χ0v) is 10.5. The molecule has 0 aliphatic carbocycles. The summed E-state index contributed by atoms with van der Waals surface area (Å²) in [5, 5.41) is 4.11. The summed E-state index contributed by atoms with van der Waals surface area (Å²) in [4.78, 5) is 14.2. The van der Waals surface area contributed by atoms with Crippen LogP contribution in [0.2, 0.25) is 0 Å². The van der Waals surface area contributed by atoms with E-state index in [4.69, 9.17) is 5.73 Å². The molecule has 1 fully saturated rings. The number of carbonyl (C=O) groups excluding carboxylic acids is 1. The summed E-state index contributed by atoms with van der Waals surface area (Å²) in [5.74, 6) is 0.681. The van der Waals surface area contributed by atoms with E-state index in [0.717, 1.165) is 43.7 Å². The van der Waals surface area contributed by atoms with E-state index in [1.807, 2.05) is 18.9 Å². The molecular formula is C12H20N4O. The molecule has 0 aromatic carbocycles. The van der Waals surface area contributed by atoms with Gasteiger partial charge >= 0.3 is 0 Å². The summed E-state index contributed by atoms with van der Waals surface area (Å²) < 4.78 is 1.74. The molecule has 17 heavy (non-hydrogen) atoms. The Balaban J connectivity index is 2.04. The van der Waals surface area contributed by atoms with Crippen LogP contribution in [0.5, 0.6) is 0 Å². The third kappa shape index (κ3) is 2.34. The normalized spacial score (nSPS) is 17.5. The quantitative estimate of drug-likeness (QED) is 0.815. The first-order valence-corrected chi connectivity index (χ1v) is 6.11. The van der Waals surface area contributed by atoms with Gasteiger partial charge in [0.2, 0.25) is 0 Å². The zero-order valence-electron chi connectivity index (χ0n) is 10.5. The maximum absolute atomic E-state index is 12.3. The molecule has 1 amide bonds. The van der Waals surface area contributed by atoms with E-state index in [0.29, 0.717) is 5.92 Å². The third-order valence-corrected chi connectivity index (χ3v) is 3.70. The lowest BCUT2D eigenvalue weighted by Gasteiger charge is -2.31. The Morgan fingerprint density at radius 2 is 2.18 bits per heavy atom. The van der Waals surface area contributed by atoms with Gasteiger partial charge in [-0.05, 0) is 32.2 Å². The van der Waals surface area contributed by atoms with Crippen LogP contribution < -0.4 is 5.73 Å². The molecule has 1 aromatic rings. The maximum Gasteiger partial charge on any atom is 0.257 e. The van der Waals surface area contributed by atoms with Crippen LogP contribution >= 0.6 is 0 Å². The lowest BCUT2D eigenvalue weighted by atomic mass is 9.97. The molecule has 1 saturated heterocycles. The zero-order chi connectivity index (χ0) is 12.4. The number of aryl methyl sites for hydroxylation is 1. The molecule has 1 aliphatic rings. The Hall–Kier alpha value is -1.36. The smallest absolute Gasteiger partial charge is 0.257 e. The topological polar surface area (TPSA) is 64.2 Å². The van der Waals surface area contributed by atoms with Crippen molar-refractivity contribution >= 4 is 5.91 Å². The van der Waals surface area contributed by atoms with Gasteiger partial charge < -0.3 is 10.6 Å². The summed E-state index contributed by atoms with van der Waals surface area (Å²) >= 11 is 0. The molecule has 2 heterocycles. The van der Waals surface area contributed by atoms with Crippen LogP contribution in [-0.4, -0.2) is 40.2 Å². The van der Waals surface area contributed by atoms with E-state index in [1.54, 1.807) is 10.9 Å². The molecule has 94 valence electrons. The fraction of sp³-hybridized carbons (Fsp3) is 0.667. The second kappa shape index (κ2) is 4.87. The number of nitrogens with two attached hydrogens (primary N) is 1. The van der Waals surface area contributed by atoms with Gasteiger partial charge in [-0.2, -0.15) is 5.10 Å². The number of piperidine rings is 1. The fourth-order valence-corrected chi connectivity index (χ4v) is 2.25. The number of hydrogen-bond acceptors (Lipinski definition) is 3. The lowest BCUT2D eigenvalue weighted by Crippen LogP contribution is -2.40. The molecule has 2 N–H and O–H groups in total. The van der Waals surface area contributed by atoms with E-state index in [2.05, 4.69) is 5.10 Å². The number of nitrogens with zero attached hydrogens (tertiary/aromatic N) is 3. The standard InChI is InChI=1S/C12H20N4O/c1-9-11(8-14-15(9)2)12(17)16-5-3-10(7-13)4-6-16/h8,10H,3-7,13H2,1-2H3. The Morgan fingerprint density at radius 1 is 1.53 bits per heavy atom.